The van der Waals surface area contributed by atoms with E-state index in [2.05, 4.69) is 32.2 Å². The van der Waals surface area contributed by atoms with Gasteiger partial charge in [0.15, 0.2) is 11.5 Å². The first-order valence-electron chi connectivity index (χ1n) is 12.8. The van der Waals surface area contributed by atoms with E-state index in [9.17, 15) is 4.79 Å². The van der Waals surface area contributed by atoms with Crippen molar-refractivity contribution in [1.82, 2.24) is 30.0 Å². The van der Waals surface area contributed by atoms with Gasteiger partial charge in [-0.2, -0.15) is 4.52 Å². The lowest BCUT2D eigenvalue weighted by Gasteiger charge is -2.34. The maximum atomic E-state index is 12.5. The quantitative estimate of drug-likeness (QED) is 0.498. The molecule has 2 aliphatic heterocycles. The predicted molar refractivity (Wildman–Crippen MR) is 131 cm³/mol. The Bertz CT molecular complexity index is 1120. The number of carbonyl (C=O) groups is 1. The van der Waals surface area contributed by atoms with Crippen molar-refractivity contribution in [3.05, 3.63) is 41.6 Å². The Kier molecular flexibility index (Phi) is 7.58. The lowest BCUT2D eigenvalue weighted by Crippen LogP contribution is -2.38. The molecule has 1 N–H and O–H groups in total. The van der Waals surface area contributed by atoms with Gasteiger partial charge in [0.25, 0.3) is 0 Å². The van der Waals surface area contributed by atoms with E-state index in [4.69, 9.17) is 14.3 Å². The van der Waals surface area contributed by atoms with E-state index in [1.165, 1.54) is 25.7 Å². The average molecular weight is 482 g/mol. The van der Waals surface area contributed by atoms with Crippen LogP contribution < -0.4 is 10.2 Å². The molecular weight excluding hydrogens is 446 g/mol. The zero-order chi connectivity index (χ0) is 24.0. The third kappa shape index (κ3) is 5.82. The number of hydrogen-bond donors (Lipinski definition) is 1. The number of anilines is 1. The fraction of sp³-hybridized carbons (Fsp3) is 0.600. The number of aryl methyl sites for hydroxylation is 1. The molecular formula is C25H35N7O3. The summed E-state index contributed by atoms with van der Waals surface area (Å²) in [4.78, 5) is 17.2. The molecule has 35 heavy (non-hydrogen) atoms. The molecule has 0 bridgehead atoms. The highest BCUT2D eigenvalue weighted by Crippen LogP contribution is 2.22. The minimum atomic E-state index is -0.0499. The van der Waals surface area contributed by atoms with Crippen LogP contribution in [0.25, 0.3) is 5.65 Å². The van der Waals surface area contributed by atoms with Crippen LogP contribution in [0, 0.1) is 0 Å². The highest BCUT2D eigenvalue weighted by Gasteiger charge is 2.22. The van der Waals surface area contributed by atoms with Gasteiger partial charge in [-0.3, -0.25) is 9.69 Å². The smallest absolute Gasteiger partial charge is 0.220 e. The van der Waals surface area contributed by atoms with Gasteiger partial charge in [0.05, 0.1) is 26.3 Å². The van der Waals surface area contributed by atoms with Crippen LogP contribution in [-0.4, -0.2) is 69.5 Å². The summed E-state index contributed by atoms with van der Waals surface area (Å²) in [6.45, 7) is 7.63. The Balaban J connectivity index is 1.12. The molecule has 0 radical (unpaired) electrons. The Labute approximate surface area is 205 Å². The normalized spacial score (nSPS) is 19.3. The summed E-state index contributed by atoms with van der Waals surface area (Å²) in [5.41, 5.74) is 0.680. The van der Waals surface area contributed by atoms with Gasteiger partial charge in [-0.05, 0) is 50.1 Å². The molecule has 1 atom stereocenters. The predicted octanol–water partition coefficient (Wildman–Crippen LogP) is 2.57. The number of ether oxygens (including phenoxy) is 1. The van der Waals surface area contributed by atoms with Crippen LogP contribution in [0.5, 0.6) is 0 Å². The fourth-order valence-corrected chi connectivity index (χ4v) is 4.97. The van der Waals surface area contributed by atoms with Crippen molar-refractivity contribution in [3.8, 4) is 0 Å². The number of piperidine rings is 1. The maximum absolute atomic E-state index is 12.5. The number of morpholine rings is 1. The first-order valence-corrected chi connectivity index (χ1v) is 12.8. The summed E-state index contributed by atoms with van der Waals surface area (Å²) in [6, 6.07) is 8.50. The van der Waals surface area contributed by atoms with E-state index < -0.39 is 0 Å². The van der Waals surface area contributed by atoms with E-state index in [-0.39, 0.29) is 5.91 Å². The number of nitrogens with one attached hydrogen (secondary N) is 1. The molecule has 2 aliphatic rings. The van der Waals surface area contributed by atoms with Gasteiger partial charge in [-0.25, -0.2) is 0 Å². The highest BCUT2D eigenvalue weighted by molar-refractivity contribution is 5.76. The molecule has 3 aromatic heterocycles. The SMILES string of the molecule is CC[C@@H]1CCCCN1Cc1ccc(CNC(=O)CCc2nnc3ccc(N4CCOCC4)nn23)o1. The molecule has 10 heteroatoms. The van der Waals surface area contributed by atoms with Gasteiger partial charge < -0.3 is 19.4 Å². The average Bonchev–Trinajstić information content (AvgIpc) is 3.53. The Morgan fingerprint density at radius 2 is 1.94 bits per heavy atom. The molecule has 3 aromatic rings. The lowest BCUT2D eigenvalue weighted by molar-refractivity contribution is -0.121. The minimum absolute atomic E-state index is 0.0499. The Morgan fingerprint density at radius 3 is 2.80 bits per heavy atom. The molecule has 5 heterocycles. The molecule has 0 aliphatic carbocycles. The van der Waals surface area contributed by atoms with E-state index in [0.29, 0.717) is 50.1 Å². The van der Waals surface area contributed by atoms with Crippen LogP contribution in [0.1, 0.15) is 56.4 Å². The summed E-state index contributed by atoms with van der Waals surface area (Å²) in [5.74, 6) is 3.24. The molecule has 10 nitrogen and oxygen atoms in total. The molecule has 188 valence electrons. The molecule has 2 saturated heterocycles. The number of furan rings is 1. The molecule has 1 amide bonds. The minimum Gasteiger partial charge on any atom is -0.463 e. The van der Waals surface area contributed by atoms with Gasteiger partial charge >= 0.3 is 0 Å². The lowest BCUT2D eigenvalue weighted by atomic mass is 10.00. The van der Waals surface area contributed by atoms with Crippen LogP contribution in [0.15, 0.2) is 28.7 Å². The first-order chi connectivity index (χ1) is 17.2. The van der Waals surface area contributed by atoms with E-state index in [1.807, 2.05) is 24.3 Å². The fourth-order valence-electron chi connectivity index (χ4n) is 4.97. The van der Waals surface area contributed by atoms with Gasteiger partial charge in [0, 0.05) is 32.0 Å². The van der Waals surface area contributed by atoms with Crippen LogP contribution in [-0.2, 0) is 29.0 Å². The maximum Gasteiger partial charge on any atom is 0.220 e. The highest BCUT2D eigenvalue weighted by atomic mass is 16.5. The van der Waals surface area contributed by atoms with Crippen molar-refractivity contribution < 1.29 is 13.9 Å². The zero-order valence-electron chi connectivity index (χ0n) is 20.5. The van der Waals surface area contributed by atoms with Crippen molar-refractivity contribution in [3.63, 3.8) is 0 Å². The van der Waals surface area contributed by atoms with Gasteiger partial charge in [-0.1, -0.05) is 13.3 Å². The second-order valence-electron chi connectivity index (χ2n) is 9.35. The summed E-state index contributed by atoms with van der Waals surface area (Å²) < 4.78 is 13.2. The second kappa shape index (κ2) is 11.2. The van der Waals surface area contributed by atoms with E-state index >= 15 is 0 Å². The van der Waals surface area contributed by atoms with Crippen molar-refractivity contribution >= 4 is 17.4 Å². The van der Waals surface area contributed by atoms with Crippen LogP contribution in [0.2, 0.25) is 0 Å². The summed E-state index contributed by atoms with van der Waals surface area (Å²) in [5, 5.41) is 16.1. The molecule has 0 spiro atoms. The van der Waals surface area contributed by atoms with Gasteiger partial charge in [0.2, 0.25) is 5.91 Å². The number of hydrogen-bond acceptors (Lipinski definition) is 8. The molecule has 0 saturated carbocycles. The van der Waals surface area contributed by atoms with Crippen molar-refractivity contribution in [2.45, 2.75) is 64.6 Å². The third-order valence-electron chi connectivity index (χ3n) is 6.98. The number of fused-ring (bicyclic) bond motifs is 1. The third-order valence-corrected chi connectivity index (χ3v) is 6.98. The van der Waals surface area contributed by atoms with E-state index in [1.54, 1.807) is 4.52 Å². The number of amides is 1. The number of likely N-dealkylation sites (tertiary alicyclic amines) is 1. The Morgan fingerprint density at radius 1 is 1.09 bits per heavy atom. The number of rotatable bonds is 9. The van der Waals surface area contributed by atoms with Crippen molar-refractivity contribution in [1.29, 1.82) is 0 Å². The summed E-state index contributed by atoms with van der Waals surface area (Å²) in [7, 11) is 0. The number of nitrogens with zero attached hydrogens (tertiary/aromatic N) is 6. The topological polar surface area (TPSA) is 101 Å². The monoisotopic (exact) mass is 481 g/mol. The molecule has 5 rings (SSSR count). The van der Waals surface area contributed by atoms with E-state index in [0.717, 1.165) is 43.5 Å². The zero-order valence-corrected chi connectivity index (χ0v) is 20.5. The molecule has 2 fully saturated rings. The largest absolute Gasteiger partial charge is 0.463 e. The van der Waals surface area contributed by atoms with Gasteiger partial charge in [-0.15, -0.1) is 15.3 Å². The molecule has 0 unspecified atom stereocenters. The van der Waals surface area contributed by atoms with Crippen molar-refractivity contribution in [2.75, 3.05) is 37.7 Å². The number of aromatic nitrogens is 4. The summed E-state index contributed by atoms with van der Waals surface area (Å²) in [6.07, 6.45) is 5.79. The Hall–Kier alpha value is -2.98. The molecule has 0 aromatic carbocycles. The standard InChI is InChI=1S/C25H35N7O3/c1-2-19-5-3-4-12-31(19)18-21-7-6-20(35-21)17-26-25(33)11-10-23-28-27-22-8-9-24(29-32(22)23)30-13-15-34-16-14-30/h6-9,19H,2-5,10-18H2,1H3,(H,26,33)/t19-/m1/s1. The second-order valence-corrected chi connectivity index (χ2v) is 9.35. The van der Waals surface area contributed by atoms with Crippen LogP contribution >= 0.6 is 0 Å². The van der Waals surface area contributed by atoms with Crippen LogP contribution in [0.4, 0.5) is 5.82 Å². The number of carbonyl (C=O) groups excluding carboxylic acids is 1. The van der Waals surface area contributed by atoms with Crippen molar-refractivity contribution in [2.24, 2.45) is 0 Å². The van der Waals surface area contributed by atoms with Gasteiger partial charge in [0.1, 0.15) is 17.3 Å². The summed E-state index contributed by atoms with van der Waals surface area (Å²) >= 11 is 0. The first kappa shape index (κ1) is 23.7. The van der Waals surface area contributed by atoms with Crippen LogP contribution in [0.3, 0.4) is 0 Å².